The van der Waals surface area contributed by atoms with Crippen LogP contribution in [0.5, 0.6) is 0 Å². The molecule has 3 fully saturated rings. The van der Waals surface area contributed by atoms with Crippen LogP contribution in [-0.2, 0) is 23.8 Å². The van der Waals surface area contributed by atoms with Crippen LogP contribution in [0.2, 0.25) is 0 Å². The first-order valence-electron chi connectivity index (χ1n) is 20.9. The van der Waals surface area contributed by atoms with Crippen molar-refractivity contribution < 1.29 is 38.5 Å². The number of ether oxygens (including phenoxy) is 3. The molecule has 57 heavy (non-hydrogen) atoms. The third-order valence-corrected chi connectivity index (χ3v) is 10.7. The first-order valence-corrected chi connectivity index (χ1v) is 20.9. The van der Waals surface area contributed by atoms with E-state index in [2.05, 4.69) is 41.8 Å². The van der Waals surface area contributed by atoms with Crippen LogP contribution < -0.4 is 32.0 Å². The number of hydrogen-bond acceptors (Lipinski definition) is 11. The summed E-state index contributed by atoms with van der Waals surface area (Å²) in [6.45, 7) is 17.8. The Balaban J connectivity index is 1.37. The van der Waals surface area contributed by atoms with Crippen molar-refractivity contribution in [3.63, 3.8) is 0 Å². The highest BCUT2D eigenvalue weighted by atomic mass is 16.5. The number of urea groups is 2. The van der Waals surface area contributed by atoms with Crippen LogP contribution in [0.25, 0.3) is 0 Å². The second-order valence-corrected chi connectivity index (χ2v) is 15.9. The molecule has 4 unspecified atom stereocenters. The molecule has 0 bridgehead atoms. The Morgan fingerprint density at radius 3 is 1.72 bits per heavy atom. The van der Waals surface area contributed by atoms with Crippen molar-refractivity contribution in [1.29, 1.82) is 0 Å². The highest BCUT2D eigenvalue weighted by Gasteiger charge is 2.32. The number of aliphatic hydroxyl groups is 1. The molecule has 0 spiro atoms. The first kappa shape index (κ1) is 46.1. The third-order valence-electron chi connectivity index (χ3n) is 10.7. The highest BCUT2D eigenvalue weighted by Crippen LogP contribution is 2.22. The van der Waals surface area contributed by atoms with Crippen LogP contribution in [0.15, 0.2) is 30.3 Å². The molecular weight excluding hydrogens is 734 g/mol. The minimum absolute atomic E-state index is 0.197. The van der Waals surface area contributed by atoms with Crippen molar-refractivity contribution in [2.24, 2.45) is 17.8 Å². The lowest BCUT2D eigenvalue weighted by Gasteiger charge is -2.34. The monoisotopic (exact) mass is 804 g/mol. The SMILES string of the molecule is CC(C)C(NC(=O)NCCN1CCOCC1)C(=O)NC(c1ccccc1)C(O)CCN(CC1CCOCC1)NC(=O)C(NC(=O)NCCN1CCOCC1)C(C)C. The Kier molecular flexibility index (Phi) is 20.2. The lowest BCUT2D eigenvalue weighted by molar-refractivity contribution is -0.129. The fourth-order valence-electron chi connectivity index (χ4n) is 7.18. The number of carbonyl (C=O) groups excluding carboxylic acids is 4. The highest BCUT2D eigenvalue weighted by molar-refractivity contribution is 5.88. The summed E-state index contributed by atoms with van der Waals surface area (Å²) in [4.78, 5) is 57.9. The van der Waals surface area contributed by atoms with Crippen molar-refractivity contribution in [2.75, 3.05) is 105 Å². The van der Waals surface area contributed by atoms with Gasteiger partial charge in [-0.25, -0.2) is 14.6 Å². The van der Waals surface area contributed by atoms with E-state index in [1.165, 1.54) is 0 Å². The van der Waals surface area contributed by atoms with Crippen molar-refractivity contribution in [2.45, 2.75) is 71.2 Å². The van der Waals surface area contributed by atoms with Gasteiger partial charge in [0.2, 0.25) is 5.91 Å². The van der Waals surface area contributed by atoms with Gasteiger partial charge in [-0.3, -0.25) is 24.8 Å². The smallest absolute Gasteiger partial charge is 0.315 e. The molecule has 6 amide bonds. The summed E-state index contributed by atoms with van der Waals surface area (Å²) in [6, 6.07) is 5.94. The standard InChI is InChI=1S/C40H69N9O8/c1-29(2)34(44-39(53)41-13-16-47-18-24-56-25-19-47)37(51)43-36(32-8-6-5-7-9-32)33(50)10-15-49(28-31-11-22-55-23-12-31)46-38(52)35(30(3)4)45-40(54)42-14-17-48-20-26-57-27-21-48/h5-9,29-31,33-36,50H,10-28H2,1-4H3,(H,43,51)(H,46,52)(H2,41,44,53)(H2,42,45,54). The van der Waals surface area contributed by atoms with Crippen molar-refractivity contribution >= 4 is 23.9 Å². The molecule has 17 heteroatoms. The maximum atomic E-state index is 13.8. The number of aliphatic hydroxyl groups excluding tert-OH is 1. The molecular formula is C40H69N9O8. The van der Waals surface area contributed by atoms with Gasteiger partial charge in [0.25, 0.3) is 5.91 Å². The van der Waals surface area contributed by atoms with Gasteiger partial charge >= 0.3 is 12.1 Å². The molecule has 0 aliphatic carbocycles. The molecule has 3 aliphatic rings. The van der Waals surface area contributed by atoms with Gasteiger partial charge in [-0.15, -0.1) is 0 Å². The van der Waals surface area contributed by atoms with Gasteiger partial charge in [-0.2, -0.15) is 0 Å². The summed E-state index contributed by atoms with van der Waals surface area (Å²) in [7, 11) is 0. The molecule has 0 radical (unpaired) electrons. The number of morpholine rings is 2. The number of benzene rings is 1. The zero-order valence-electron chi connectivity index (χ0n) is 34.5. The molecule has 7 N–H and O–H groups in total. The summed E-state index contributed by atoms with van der Waals surface area (Å²) < 4.78 is 16.4. The Labute approximate surface area is 338 Å². The number of nitrogens with zero attached hydrogens (tertiary/aromatic N) is 3. The quantitative estimate of drug-likeness (QED) is 0.0863. The average Bonchev–Trinajstić information content (AvgIpc) is 3.21. The normalized spacial score (nSPS) is 19.4. The van der Waals surface area contributed by atoms with Crippen molar-refractivity contribution in [3.8, 4) is 0 Å². The largest absolute Gasteiger partial charge is 0.391 e. The molecule has 1 aromatic carbocycles. The predicted octanol–water partition coefficient (Wildman–Crippen LogP) is 0.667. The topological polar surface area (TPSA) is 198 Å². The van der Waals surface area contributed by atoms with E-state index in [1.54, 1.807) is 0 Å². The van der Waals surface area contributed by atoms with Gasteiger partial charge in [-0.05, 0) is 42.6 Å². The molecule has 3 aliphatic heterocycles. The van der Waals surface area contributed by atoms with Crippen LogP contribution in [0.1, 0.15) is 58.6 Å². The molecule has 4 rings (SSSR count). The van der Waals surface area contributed by atoms with Crippen molar-refractivity contribution in [1.82, 2.24) is 46.8 Å². The summed E-state index contributed by atoms with van der Waals surface area (Å²) in [5.74, 6) is -0.937. The fourth-order valence-corrected chi connectivity index (χ4v) is 7.18. The number of amides is 6. The summed E-state index contributed by atoms with van der Waals surface area (Å²) in [5, 5.41) is 28.1. The van der Waals surface area contributed by atoms with Gasteiger partial charge in [0.05, 0.1) is 38.6 Å². The Morgan fingerprint density at radius 2 is 1.21 bits per heavy atom. The number of rotatable bonds is 21. The first-order chi connectivity index (χ1) is 27.5. The zero-order valence-corrected chi connectivity index (χ0v) is 34.5. The third kappa shape index (κ3) is 16.7. The molecule has 322 valence electrons. The van der Waals surface area contributed by atoms with Gasteiger partial charge < -0.3 is 45.9 Å². The van der Waals surface area contributed by atoms with Crippen LogP contribution in [0.3, 0.4) is 0 Å². The van der Waals surface area contributed by atoms with E-state index in [9.17, 15) is 24.3 Å². The van der Waals surface area contributed by atoms with Crippen LogP contribution in [-0.4, -0.2) is 167 Å². The Hall–Kier alpha value is -3.58. The molecule has 17 nitrogen and oxygen atoms in total. The molecule has 1 aromatic rings. The lowest BCUT2D eigenvalue weighted by atomic mass is 9.96. The fraction of sp³-hybridized carbons (Fsp3) is 0.750. The minimum Gasteiger partial charge on any atom is -0.391 e. The summed E-state index contributed by atoms with van der Waals surface area (Å²) >= 11 is 0. The lowest BCUT2D eigenvalue weighted by Crippen LogP contribution is -2.57. The number of hydrazine groups is 1. The molecule has 3 saturated heterocycles. The van der Waals surface area contributed by atoms with Crippen LogP contribution >= 0.6 is 0 Å². The van der Waals surface area contributed by atoms with Crippen molar-refractivity contribution in [3.05, 3.63) is 35.9 Å². The minimum atomic E-state index is -1.04. The molecule has 0 saturated carbocycles. The van der Waals surface area contributed by atoms with E-state index in [-0.39, 0.29) is 36.6 Å². The molecule has 3 heterocycles. The Bertz CT molecular complexity index is 1340. The predicted molar refractivity (Wildman–Crippen MR) is 216 cm³/mol. The molecule has 4 atom stereocenters. The second kappa shape index (κ2) is 25.0. The summed E-state index contributed by atoms with van der Waals surface area (Å²) in [6.07, 6.45) is 0.822. The van der Waals surface area contributed by atoms with E-state index < -0.39 is 42.2 Å². The van der Waals surface area contributed by atoms with Gasteiger partial charge in [-0.1, -0.05) is 58.0 Å². The number of hydrogen-bond donors (Lipinski definition) is 7. The van der Waals surface area contributed by atoms with E-state index >= 15 is 0 Å². The summed E-state index contributed by atoms with van der Waals surface area (Å²) in [5.41, 5.74) is 3.76. The number of nitrogens with one attached hydrogen (secondary N) is 6. The van der Waals surface area contributed by atoms with Gasteiger partial charge in [0.1, 0.15) is 12.1 Å². The zero-order chi connectivity index (χ0) is 41.0. The average molecular weight is 804 g/mol. The molecule has 0 aromatic heterocycles. The van der Waals surface area contributed by atoms with E-state index in [0.29, 0.717) is 77.9 Å². The number of carbonyl (C=O) groups is 4. The van der Waals surface area contributed by atoms with Gasteiger partial charge in [0.15, 0.2) is 0 Å². The van der Waals surface area contributed by atoms with E-state index in [1.807, 2.05) is 63.0 Å². The Morgan fingerprint density at radius 1 is 0.719 bits per heavy atom. The van der Waals surface area contributed by atoms with E-state index in [0.717, 1.165) is 39.0 Å². The maximum Gasteiger partial charge on any atom is 0.315 e. The maximum absolute atomic E-state index is 13.8. The second-order valence-electron chi connectivity index (χ2n) is 15.9. The van der Waals surface area contributed by atoms with Crippen LogP contribution in [0.4, 0.5) is 9.59 Å². The van der Waals surface area contributed by atoms with E-state index in [4.69, 9.17) is 14.2 Å². The van der Waals surface area contributed by atoms with Gasteiger partial charge in [0, 0.05) is 78.7 Å². The van der Waals surface area contributed by atoms with Crippen LogP contribution in [0, 0.1) is 17.8 Å².